The minimum absolute atomic E-state index is 0.0422. The van der Waals surface area contributed by atoms with E-state index in [4.69, 9.17) is 16.3 Å². The highest BCUT2D eigenvalue weighted by atomic mass is 35.5. The third-order valence-electron chi connectivity index (χ3n) is 3.07. The molecule has 1 amide bonds. The molecule has 7 heteroatoms. The molecule has 0 aliphatic carbocycles. The minimum Gasteiger partial charge on any atom is -0.383 e. The molecule has 118 valence electrons. The molecule has 0 radical (unpaired) electrons. The smallest absolute Gasteiger partial charge is 0.230 e. The standard InChI is InChI=1S/C15H18ClN3O2S/c1-11-12(16)4-3-5-13(11)19-8-6-18-15(19)22-10-14(20)17-7-9-21-2/h3-6,8H,7,9-10H2,1-2H3,(H,17,20). The summed E-state index contributed by atoms with van der Waals surface area (Å²) in [5.74, 6) is 0.264. The van der Waals surface area contributed by atoms with Crippen molar-refractivity contribution in [2.75, 3.05) is 26.0 Å². The number of carbonyl (C=O) groups is 1. The van der Waals surface area contributed by atoms with Crippen LogP contribution in [-0.4, -0.2) is 41.5 Å². The summed E-state index contributed by atoms with van der Waals surface area (Å²) in [5, 5.41) is 4.25. The van der Waals surface area contributed by atoms with Crippen LogP contribution >= 0.6 is 23.4 Å². The van der Waals surface area contributed by atoms with Gasteiger partial charge in [0.15, 0.2) is 5.16 Å². The van der Waals surface area contributed by atoms with E-state index in [1.807, 2.05) is 35.9 Å². The fourth-order valence-corrected chi connectivity index (χ4v) is 2.88. The van der Waals surface area contributed by atoms with Gasteiger partial charge in [-0.15, -0.1) is 0 Å². The predicted molar refractivity (Wildman–Crippen MR) is 88.9 cm³/mol. The normalized spacial score (nSPS) is 10.7. The lowest BCUT2D eigenvalue weighted by molar-refractivity contribution is -0.118. The molecule has 0 aliphatic heterocycles. The largest absolute Gasteiger partial charge is 0.383 e. The summed E-state index contributed by atoms with van der Waals surface area (Å²) in [6.07, 6.45) is 3.58. The lowest BCUT2D eigenvalue weighted by Crippen LogP contribution is -2.28. The minimum atomic E-state index is -0.0422. The van der Waals surface area contributed by atoms with Gasteiger partial charge in [-0.3, -0.25) is 9.36 Å². The molecule has 0 bridgehead atoms. The number of imidazole rings is 1. The number of rotatable bonds is 7. The highest BCUT2D eigenvalue weighted by Gasteiger charge is 2.11. The number of nitrogens with one attached hydrogen (secondary N) is 1. The van der Waals surface area contributed by atoms with Crippen molar-refractivity contribution in [2.24, 2.45) is 0 Å². The van der Waals surface area contributed by atoms with Crippen molar-refractivity contribution < 1.29 is 9.53 Å². The number of thioether (sulfide) groups is 1. The van der Waals surface area contributed by atoms with Crippen LogP contribution < -0.4 is 5.32 Å². The third-order valence-corrected chi connectivity index (χ3v) is 4.44. The predicted octanol–water partition coefficient (Wildman–Crippen LogP) is 2.69. The fourth-order valence-electron chi connectivity index (χ4n) is 1.91. The molecule has 22 heavy (non-hydrogen) atoms. The van der Waals surface area contributed by atoms with E-state index in [1.54, 1.807) is 13.3 Å². The number of methoxy groups -OCH3 is 1. The van der Waals surface area contributed by atoms with Crippen molar-refractivity contribution in [3.63, 3.8) is 0 Å². The van der Waals surface area contributed by atoms with Gasteiger partial charge >= 0.3 is 0 Å². The van der Waals surface area contributed by atoms with E-state index >= 15 is 0 Å². The van der Waals surface area contributed by atoms with Gasteiger partial charge in [-0.05, 0) is 24.6 Å². The van der Waals surface area contributed by atoms with Gasteiger partial charge in [0.1, 0.15) is 0 Å². The first-order valence-corrected chi connectivity index (χ1v) is 8.17. The van der Waals surface area contributed by atoms with Gasteiger partial charge < -0.3 is 10.1 Å². The summed E-state index contributed by atoms with van der Waals surface area (Å²) in [6, 6.07) is 5.73. The van der Waals surface area contributed by atoms with Gasteiger partial charge in [-0.1, -0.05) is 29.4 Å². The van der Waals surface area contributed by atoms with E-state index in [2.05, 4.69) is 10.3 Å². The van der Waals surface area contributed by atoms with E-state index < -0.39 is 0 Å². The van der Waals surface area contributed by atoms with Crippen LogP contribution in [0, 0.1) is 6.92 Å². The maximum Gasteiger partial charge on any atom is 0.230 e. The van der Waals surface area contributed by atoms with Crippen LogP contribution in [0.1, 0.15) is 5.56 Å². The molecule has 5 nitrogen and oxygen atoms in total. The van der Waals surface area contributed by atoms with Crippen molar-refractivity contribution >= 4 is 29.3 Å². The molecule has 0 unspecified atom stereocenters. The third kappa shape index (κ3) is 4.25. The second-order valence-corrected chi connectivity index (χ2v) is 5.94. The molecule has 0 fully saturated rings. The lowest BCUT2D eigenvalue weighted by atomic mass is 10.2. The number of carbonyl (C=O) groups excluding carboxylic acids is 1. The average Bonchev–Trinajstić information content (AvgIpc) is 2.96. The van der Waals surface area contributed by atoms with Gasteiger partial charge in [0.2, 0.25) is 5.91 Å². The van der Waals surface area contributed by atoms with E-state index in [0.29, 0.717) is 23.9 Å². The Balaban J connectivity index is 2.04. The lowest BCUT2D eigenvalue weighted by Gasteiger charge is -2.11. The Labute approximate surface area is 139 Å². The second kappa shape index (κ2) is 8.22. The summed E-state index contributed by atoms with van der Waals surface area (Å²) < 4.78 is 6.83. The van der Waals surface area contributed by atoms with Crippen LogP contribution in [0.25, 0.3) is 5.69 Å². The van der Waals surface area contributed by atoms with Gasteiger partial charge in [-0.25, -0.2) is 4.98 Å². The number of halogens is 1. The molecule has 0 aliphatic rings. The van der Waals surface area contributed by atoms with E-state index in [9.17, 15) is 4.79 Å². The fraction of sp³-hybridized carbons (Fsp3) is 0.333. The number of hydrogen-bond donors (Lipinski definition) is 1. The zero-order valence-electron chi connectivity index (χ0n) is 12.5. The molecule has 2 rings (SSSR count). The maximum absolute atomic E-state index is 11.7. The first kappa shape index (κ1) is 16.9. The molecular weight excluding hydrogens is 322 g/mol. The summed E-state index contributed by atoms with van der Waals surface area (Å²) in [7, 11) is 1.60. The summed E-state index contributed by atoms with van der Waals surface area (Å²) in [6.45, 7) is 2.98. The Kier molecular flexibility index (Phi) is 6.30. The Hall–Kier alpha value is -1.50. The Morgan fingerprint density at radius 3 is 3.09 bits per heavy atom. The van der Waals surface area contributed by atoms with Crippen molar-refractivity contribution in [3.8, 4) is 5.69 Å². The van der Waals surface area contributed by atoms with Crippen LogP contribution in [0.4, 0.5) is 0 Å². The highest BCUT2D eigenvalue weighted by Crippen LogP contribution is 2.26. The highest BCUT2D eigenvalue weighted by molar-refractivity contribution is 7.99. The van der Waals surface area contributed by atoms with Crippen LogP contribution in [0.2, 0.25) is 5.02 Å². The molecule has 0 atom stereocenters. The van der Waals surface area contributed by atoms with Crippen LogP contribution in [0.5, 0.6) is 0 Å². The first-order valence-electron chi connectivity index (χ1n) is 6.80. The number of benzene rings is 1. The molecular formula is C15H18ClN3O2S. The van der Waals surface area contributed by atoms with Crippen molar-refractivity contribution in [3.05, 3.63) is 41.2 Å². The van der Waals surface area contributed by atoms with Crippen molar-refractivity contribution in [1.29, 1.82) is 0 Å². The van der Waals surface area contributed by atoms with E-state index in [0.717, 1.165) is 16.4 Å². The summed E-state index contributed by atoms with van der Waals surface area (Å²) >= 11 is 7.55. The maximum atomic E-state index is 11.7. The number of amides is 1. The van der Waals surface area contributed by atoms with Gasteiger partial charge in [0.25, 0.3) is 0 Å². The van der Waals surface area contributed by atoms with Crippen molar-refractivity contribution in [2.45, 2.75) is 12.1 Å². The topological polar surface area (TPSA) is 56.1 Å². The number of aromatic nitrogens is 2. The van der Waals surface area contributed by atoms with Crippen LogP contribution in [0.15, 0.2) is 35.7 Å². The molecule has 0 saturated carbocycles. The Morgan fingerprint density at radius 2 is 2.32 bits per heavy atom. The quantitative estimate of drug-likeness (QED) is 0.622. The van der Waals surface area contributed by atoms with Gasteiger partial charge in [-0.2, -0.15) is 0 Å². The average molecular weight is 340 g/mol. The first-order chi connectivity index (χ1) is 10.6. The SMILES string of the molecule is COCCNC(=O)CSc1nccn1-c1cccc(Cl)c1C. The number of nitrogens with zero attached hydrogens (tertiary/aromatic N) is 2. The van der Waals surface area contributed by atoms with Crippen LogP contribution in [-0.2, 0) is 9.53 Å². The number of hydrogen-bond acceptors (Lipinski definition) is 4. The molecule has 1 N–H and O–H groups in total. The zero-order chi connectivity index (χ0) is 15.9. The Morgan fingerprint density at radius 1 is 1.50 bits per heavy atom. The molecule has 1 aromatic carbocycles. The Bertz CT molecular complexity index is 645. The molecule has 0 saturated heterocycles. The van der Waals surface area contributed by atoms with E-state index in [1.165, 1.54) is 11.8 Å². The zero-order valence-corrected chi connectivity index (χ0v) is 14.1. The molecule has 1 heterocycles. The molecule has 0 spiro atoms. The monoisotopic (exact) mass is 339 g/mol. The van der Waals surface area contributed by atoms with Crippen LogP contribution in [0.3, 0.4) is 0 Å². The van der Waals surface area contributed by atoms with Gasteiger partial charge in [0.05, 0.1) is 18.0 Å². The summed E-state index contributed by atoms with van der Waals surface area (Å²) in [4.78, 5) is 16.0. The van der Waals surface area contributed by atoms with Gasteiger partial charge in [0, 0.05) is 31.1 Å². The number of ether oxygens (including phenoxy) is 1. The van der Waals surface area contributed by atoms with E-state index in [-0.39, 0.29) is 5.91 Å². The molecule has 1 aromatic heterocycles. The van der Waals surface area contributed by atoms with Crippen molar-refractivity contribution in [1.82, 2.24) is 14.9 Å². The second-order valence-electron chi connectivity index (χ2n) is 4.60. The molecule has 2 aromatic rings. The summed E-state index contributed by atoms with van der Waals surface area (Å²) in [5.41, 5.74) is 1.95.